The standard InChI is InChI=1S/C8H7F3O2/c1-13-6-4-2-3-5(12)7(6)8(9,10)11/h2-4,12H,1H3. The highest BCUT2D eigenvalue weighted by Crippen LogP contribution is 2.41. The summed E-state index contributed by atoms with van der Waals surface area (Å²) in [5.74, 6) is -1.21. The molecule has 1 aromatic rings. The van der Waals surface area contributed by atoms with Crippen LogP contribution in [-0.4, -0.2) is 12.2 Å². The summed E-state index contributed by atoms with van der Waals surface area (Å²) in [5.41, 5.74) is -1.14. The fraction of sp³-hybridized carbons (Fsp3) is 0.250. The molecule has 0 bridgehead atoms. The molecule has 0 amide bonds. The first kappa shape index (κ1) is 9.70. The number of halogens is 3. The second-order valence-corrected chi connectivity index (χ2v) is 2.35. The van der Waals surface area contributed by atoms with Crippen molar-refractivity contribution in [2.75, 3.05) is 7.11 Å². The fourth-order valence-corrected chi connectivity index (χ4v) is 0.975. The van der Waals surface area contributed by atoms with Gasteiger partial charge in [-0.3, -0.25) is 0 Å². The smallest absolute Gasteiger partial charge is 0.423 e. The third kappa shape index (κ3) is 1.85. The van der Waals surface area contributed by atoms with E-state index in [0.717, 1.165) is 19.2 Å². The molecule has 0 atom stereocenters. The molecule has 0 aliphatic rings. The number of aromatic hydroxyl groups is 1. The van der Waals surface area contributed by atoms with Gasteiger partial charge in [0.05, 0.1) is 7.11 Å². The number of benzene rings is 1. The topological polar surface area (TPSA) is 29.5 Å². The van der Waals surface area contributed by atoms with Gasteiger partial charge in [-0.15, -0.1) is 0 Å². The van der Waals surface area contributed by atoms with Gasteiger partial charge < -0.3 is 9.84 Å². The van der Waals surface area contributed by atoms with Crippen molar-refractivity contribution in [3.05, 3.63) is 23.8 Å². The lowest BCUT2D eigenvalue weighted by Crippen LogP contribution is -2.07. The second kappa shape index (κ2) is 3.16. The van der Waals surface area contributed by atoms with Crippen molar-refractivity contribution < 1.29 is 23.0 Å². The van der Waals surface area contributed by atoms with Crippen LogP contribution >= 0.6 is 0 Å². The Labute approximate surface area is 72.6 Å². The van der Waals surface area contributed by atoms with Gasteiger partial charge in [0.15, 0.2) is 0 Å². The van der Waals surface area contributed by atoms with Gasteiger partial charge in [0.1, 0.15) is 17.1 Å². The predicted molar refractivity (Wildman–Crippen MR) is 39.7 cm³/mol. The number of hydrogen-bond acceptors (Lipinski definition) is 2. The van der Waals surface area contributed by atoms with Crippen molar-refractivity contribution in [3.63, 3.8) is 0 Å². The third-order valence-corrected chi connectivity index (χ3v) is 1.51. The minimum absolute atomic E-state index is 0.382. The second-order valence-electron chi connectivity index (χ2n) is 2.35. The minimum atomic E-state index is -4.60. The summed E-state index contributed by atoms with van der Waals surface area (Å²) >= 11 is 0. The van der Waals surface area contributed by atoms with Gasteiger partial charge >= 0.3 is 6.18 Å². The number of ether oxygens (including phenoxy) is 1. The van der Waals surface area contributed by atoms with E-state index in [0.29, 0.717) is 0 Å². The first-order valence-corrected chi connectivity index (χ1v) is 3.40. The van der Waals surface area contributed by atoms with Crippen LogP contribution < -0.4 is 4.74 Å². The Morgan fingerprint density at radius 1 is 1.31 bits per heavy atom. The Bertz CT molecular complexity index is 307. The largest absolute Gasteiger partial charge is 0.507 e. The molecule has 5 heteroatoms. The van der Waals surface area contributed by atoms with Crippen LogP contribution in [0.2, 0.25) is 0 Å². The molecule has 0 radical (unpaired) electrons. The van der Waals surface area contributed by atoms with Crippen molar-refractivity contribution in [2.24, 2.45) is 0 Å². The van der Waals surface area contributed by atoms with E-state index >= 15 is 0 Å². The normalized spacial score (nSPS) is 11.4. The van der Waals surface area contributed by atoms with Gasteiger partial charge in [0, 0.05) is 0 Å². The molecule has 0 saturated heterocycles. The van der Waals surface area contributed by atoms with Crippen LogP contribution in [0.1, 0.15) is 5.56 Å². The summed E-state index contributed by atoms with van der Waals surface area (Å²) in [7, 11) is 1.12. The zero-order valence-electron chi connectivity index (χ0n) is 6.72. The van der Waals surface area contributed by atoms with Crippen molar-refractivity contribution in [3.8, 4) is 11.5 Å². The quantitative estimate of drug-likeness (QED) is 0.740. The monoisotopic (exact) mass is 192 g/mol. The number of rotatable bonds is 1. The summed E-state index contributed by atoms with van der Waals surface area (Å²) in [6.07, 6.45) is -4.60. The first-order chi connectivity index (χ1) is 5.96. The molecule has 0 saturated carbocycles. The molecular formula is C8H7F3O2. The number of phenols is 1. The molecule has 0 aliphatic carbocycles. The van der Waals surface area contributed by atoms with E-state index in [1.165, 1.54) is 6.07 Å². The van der Waals surface area contributed by atoms with E-state index < -0.39 is 17.5 Å². The lowest BCUT2D eigenvalue weighted by molar-refractivity contribution is -0.139. The summed E-state index contributed by atoms with van der Waals surface area (Å²) < 4.78 is 41.2. The Kier molecular flexibility index (Phi) is 2.36. The lowest BCUT2D eigenvalue weighted by atomic mass is 10.1. The third-order valence-electron chi connectivity index (χ3n) is 1.51. The Morgan fingerprint density at radius 3 is 2.31 bits per heavy atom. The predicted octanol–water partition coefficient (Wildman–Crippen LogP) is 2.42. The Hall–Kier alpha value is -1.39. The maximum absolute atomic E-state index is 12.3. The zero-order valence-corrected chi connectivity index (χ0v) is 6.72. The highest BCUT2D eigenvalue weighted by Gasteiger charge is 2.37. The number of phenolic OH excluding ortho intramolecular Hbond substituents is 1. The maximum Gasteiger partial charge on any atom is 0.423 e. The van der Waals surface area contributed by atoms with Crippen LogP contribution in [0, 0.1) is 0 Å². The molecule has 0 spiro atoms. The summed E-state index contributed by atoms with van der Waals surface area (Å²) in [5, 5.41) is 8.96. The summed E-state index contributed by atoms with van der Waals surface area (Å²) in [6.45, 7) is 0. The number of hydrogen-bond donors (Lipinski definition) is 1. The molecule has 0 heterocycles. The van der Waals surface area contributed by atoms with Crippen molar-refractivity contribution in [1.82, 2.24) is 0 Å². The molecule has 0 unspecified atom stereocenters. The molecule has 1 rings (SSSR count). The summed E-state index contributed by atoms with van der Waals surface area (Å²) in [4.78, 5) is 0. The van der Waals surface area contributed by atoms with E-state index in [1.807, 2.05) is 0 Å². The lowest BCUT2D eigenvalue weighted by Gasteiger charge is -2.12. The van der Waals surface area contributed by atoms with Crippen LogP contribution in [0.4, 0.5) is 13.2 Å². The van der Waals surface area contributed by atoms with Crippen LogP contribution in [0.25, 0.3) is 0 Å². The van der Waals surface area contributed by atoms with E-state index in [4.69, 9.17) is 5.11 Å². The van der Waals surface area contributed by atoms with E-state index in [-0.39, 0.29) is 5.75 Å². The SMILES string of the molecule is COc1cccc(O)c1C(F)(F)F. The van der Waals surface area contributed by atoms with Gasteiger partial charge in [-0.1, -0.05) is 6.07 Å². The van der Waals surface area contributed by atoms with Gasteiger partial charge in [-0.25, -0.2) is 0 Å². The van der Waals surface area contributed by atoms with Crippen molar-refractivity contribution in [1.29, 1.82) is 0 Å². The van der Waals surface area contributed by atoms with Gasteiger partial charge in [0.25, 0.3) is 0 Å². The molecule has 1 N–H and O–H groups in total. The Balaban J connectivity index is 3.32. The molecule has 0 fully saturated rings. The highest BCUT2D eigenvalue weighted by atomic mass is 19.4. The van der Waals surface area contributed by atoms with Gasteiger partial charge in [-0.2, -0.15) is 13.2 Å². The molecule has 13 heavy (non-hydrogen) atoms. The Morgan fingerprint density at radius 2 is 1.92 bits per heavy atom. The molecule has 1 aromatic carbocycles. The van der Waals surface area contributed by atoms with Crippen molar-refractivity contribution in [2.45, 2.75) is 6.18 Å². The molecule has 2 nitrogen and oxygen atoms in total. The van der Waals surface area contributed by atoms with Crippen LogP contribution in [-0.2, 0) is 6.18 Å². The number of alkyl halides is 3. The molecule has 0 aliphatic heterocycles. The van der Waals surface area contributed by atoms with Crippen molar-refractivity contribution >= 4 is 0 Å². The highest BCUT2D eigenvalue weighted by molar-refractivity contribution is 5.45. The minimum Gasteiger partial charge on any atom is -0.507 e. The van der Waals surface area contributed by atoms with Gasteiger partial charge in [-0.05, 0) is 12.1 Å². The van der Waals surface area contributed by atoms with Crippen LogP contribution in [0.3, 0.4) is 0 Å². The molecular weight excluding hydrogens is 185 g/mol. The average molecular weight is 192 g/mol. The van der Waals surface area contributed by atoms with E-state index in [9.17, 15) is 13.2 Å². The van der Waals surface area contributed by atoms with Gasteiger partial charge in [0.2, 0.25) is 0 Å². The molecule has 0 aromatic heterocycles. The fourth-order valence-electron chi connectivity index (χ4n) is 0.975. The molecule has 72 valence electrons. The van der Waals surface area contributed by atoms with Crippen LogP contribution in [0.15, 0.2) is 18.2 Å². The summed E-state index contributed by atoms with van der Waals surface area (Å²) in [6, 6.07) is 3.39. The first-order valence-electron chi connectivity index (χ1n) is 3.40. The van der Waals surface area contributed by atoms with E-state index in [1.54, 1.807) is 0 Å². The zero-order chi connectivity index (χ0) is 10.1. The van der Waals surface area contributed by atoms with Crippen LogP contribution in [0.5, 0.6) is 11.5 Å². The maximum atomic E-state index is 12.3. The number of methoxy groups -OCH3 is 1. The average Bonchev–Trinajstić information content (AvgIpc) is 2.01. The van der Waals surface area contributed by atoms with E-state index in [2.05, 4.69) is 4.74 Å².